The molecule has 22 heavy (non-hydrogen) atoms. The van der Waals surface area contributed by atoms with Gasteiger partial charge in [0.2, 0.25) is 0 Å². The monoisotopic (exact) mass is 376 g/mol. The molecular formula is C10H20Ca2N2O8. The van der Waals surface area contributed by atoms with Gasteiger partial charge in [0.05, 0.1) is 13.1 Å². The summed E-state index contributed by atoms with van der Waals surface area (Å²) in [4.78, 5) is 61.4. The van der Waals surface area contributed by atoms with Crippen LogP contribution in [0.2, 0.25) is 0 Å². The van der Waals surface area contributed by atoms with Crippen LogP contribution in [0.15, 0.2) is 0 Å². The summed E-state index contributed by atoms with van der Waals surface area (Å²) < 4.78 is 0. The van der Waals surface area contributed by atoms with E-state index in [1.165, 1.54) is 0 Å². The predicted molar refractivity (Wildman–Crippen MR) is 77.6 cm³/mol. The zero-order valence-corrected chi connectivity index (χ0v) is 11.6. The first kappa shape index (κ1) is 27.2. The first-order valence-electron chi connectivity index (χ1n) is 5.50. The second-order valence-corrected chi connectivity index (χ2v) is 3.44. The fraction of sp³-hybridized carbons (Fsp3) is 0.600. The third-order valence-electron chi connectivity index (χ3n) is 1.39. The van der Waals surface area contributed by atoms with E-state index in [1.807, 2.05) is 0 Å². The summed E-state index contributed by atoms with van der Waals surface area (Å²) in [5.41, 5.74) is 0. The van der Waals surface area contributed by atoms with E-state index < -0.39 is 23.9 Å². The van der Waals surface area contributed by atoms with Crippen molar-refractivity contribution in [1.29, 1.82) is 0 Å². The van der Waals surface area contributed by atoms with Gasteiger partial charge in [-0.05, 0) is 0 Å². The van der Waals surface area contributed by atoms with Crippen molar-refractivity contribution in [2.24, 2.45) is 0 Å². The Balaban J connectivity index is -0.00000180. The molecule has 0 aromatic carbocycles. The van der Waals surface area contributed by atoms with Crippen LogP contribution in [-0.2, 0) is 38.5 Å². The molecule has 0 aromatic heterocycles. The molecule has 0 saturated carbocycles. The second-order valence-electron chi connectivity index (χ2n) is 3.44. The van der Waals surface area contributed by atoms with E-state index in [0.717, 1.165) is 27.7 Å². The van der Waals surface area contributed by atoms with Crippen LogP contribution in [0.25, 0.3) is 0 Å². The molecule has 0 aromatic rings. The quantitative estimate of drug-likeness (QED) is 0.354. The number of rotatable bonds is 7. The van der Waals surface area contributed by atoms with Crippen molar-refractivity contribution in [3.05, 3.63) is 0 Å². The minimum absolute atomic E-state index is 0. The number of hydrogen-bond acceptors (Lipinski definition) is 10. The Bertz CT molecular complexity index is 325. The second kappa shape index (κ2) is 14.9. The van der Waals surface area contributed by atoms with E-state index in [4.69, 9.17) is 0 Å². The fourth-order valence-electron chi connectivity index (χ4n) is 0.957. The molecule has 0 atom stereocenters. The van der Waals surface area contributed by atoms with Gasteiger partial charge in [-0.25, -0.2) is 0 Å². The van der Waals surface area contributed by atoms with Crippen LogP contribution in [-0.4, -0.2) is 123 Å². The Hall–Kier alpha value is 0.319. The Morgan fingerprint density at radius 3 is 0.909 bits per heavy atom. The summed E-state index contributed by atoms with van der Waals surface area (Å²) in [6, 6.07) is 0. The van der Waals surface area contributed by atoms with Crippen LogP contribution in [0.3, 0.4) is 0 Å². The third-order valence-corrected chi connectivity index (χ3v) is 1.39. The summed E-state index contributed by atoms with van der Waals surface area (Å²) in [5.74, 6) is -2.90. The normalized spacial score (nSPS) is 9.18. The molecule has 0 fully saturated rings. The maximum atomic E-state index is 10.8. The van der Waals surface area contributed by atoms with E-state index in [-0.39, 0.29) is 88.6 Å². The van der Waals surface area contributed by atoms with Crippen LogP contribution in [0.4, 0.5) is 0 Å². The van der Waals surface area contributed by atoms with E-state index in [0.29, 0.717) is 10.5 Å². The number of hydrogen-bond donors (Lipinski definition) is 0. The summed E-state index contributed by atoms with van der Waals surface area (Å²) in [6.45, 7) is 3.97. The molecule has 0 amide bonds. The van der Waals surface area contributed by atoms with Crippen molar-refractivity contribution in [3.8, 4) is 0 Å². The van der Waals surface area contributed by atoms with Crippen LogP contribution >= 0.6 is 0 Å². The molecule has 0 N–H and O–H groups in total. The van der Waals surface area contributed by atoms with Gasteiger partial charge < -0.3 is 19.4 Å². The molecule has 0 unspecified atom stereocenters. The molecule has 10 nitrogen and oxygen atoms in total. The van der Waals surface area contributed by atoms with Gasteiger partial charge in [0, 0.05) is 38.1 Å². The van der Waals surface area contributed by atoms with E-state index >= 15 is 0 Å². The molecule has 0 heterocycles. The standard InChI is InChI=1S/C10H16N2O8.2Ca.4H/c1-7(13)17-11(18-8(2)14)5-6-12(19-9(3)15)20-10(4)16;;;;;;/h5-6H2,1-4H3;;;;;;. The van der Waals surface area contributed by atoms with Crippen molar-refractivity contribution >= 4 is 99.4 Å². The SMILES string of the molecule is CC(=O)ON(CCN(OC(C)=O)OC(C)=O)OC(C)=O.[CaH2].[CaH2]. The van der Waals surface area contributed by atoms with E-state index in [2.05, 4.69) is 19.4 Å². The van der Waals surface area contributed by atoms with Gasteiger partial charge in [-0.2, -0.15) is 0 Å². The first-order chi connectivity index (χ1) is 9.20. The Labute approximate surface area is 187 Å². The summed E-state index contributed by atoms with van der Waals surface area (Å²) in [6.07, 6.45) is 0. The van der Waals surface area contributed by atoms with Gasteiger partial charge in [-0.15, -0.1) is 0 Å². The van der Waals surface area contributed by atoms with Crippen molar-refractivity contribution in [2.45, 2.75) is 27.7 Å². The average Bonchev–Trinajstić information content (AvgIpc) is 2.22. The average molecular weight is 376 g/mol. The molecule has 122 valence electrons. The minimum atomic E-state index is -0.724. The summed E-state index contributed by atoms with van der Waals surface area (Å²) in [5, 5.41) is 1.15. The molecule has 0 saturated heterocycles. The van der Waals surface area contributed by atoms with Gasteiger partial charge in [-0.3, -0.25) is 19.2 Å². The van der Waals surface area contributed by atoms with Gasteiger partial charge in [0.15, 0.2) is 0 Å². The molecule has 0 spiro atoms. The Morgan fingerprint density at radius 2 is 0.773 bits per heavy atom. The van der Waals surface area contributed by atoms with Crippen LogP contribution in [0, 0.1) is 0 Å². The Morgan fingerprint density at radius 1 is 0.591 bits per heavy atom. The number of nitrogens with zero attached hydrogens (tertiary/aromatic N) is 2. The van der Waals surface area contributed by atoms with Gasteiger partial charge in [-0.1, -0.05) is 0 Å². The zero-order chi connectivity index (χ0) is 15.7. The molecule has 0 bridgehead atoms. The zero-order valence-electron chi connectivity index (χ0n) is 11.6. The van der Waals surface area contributed by atoms with Gasteiger partial charge in [0.25, 0.3) is 0 Å². The van der Waals surface area contributed by atoms with Crippen LogP contribution in [0.1, 0.15) is 27.7 Å². The maximum absolute atomic E-state index is 10.8. The first-order valence-corrected chi connectivity index (χ1v) is 5.50. The van der Waals surface area contributed by atoms with Crippen molar-refractivity contribution in [1.82, 2.24) is 10.5 Å². The van der Waals surface area contributed by atoms with E-state index in [1.54, 1.807) is 0 Å². The molecule has 0 radical (unpaired) electrons. The summed E-state index contributed by atoms with van der Waals surface area (Å²) >= 11 is 0. The van der Waals surface area contributed by atoms with Crippen LogP contribution in [0.5, 0.6) is 0 Å². The molecular weight excluding hydrogens is 356 g/mol. The van der Waals surface area contributed by atoms with Crippen molar-refractivity contribution in [2.75, 3.05) is 13.1 Å². The van der Waals surface area contributed by atoms with Crippen LogP contribution < -0.4 is 0 Å². The van der Waals surface area contributed by atoms with Gasteiger partial charge >= 0.3 is 99.4 Å². The molecule has 0 aliphatic rings. The third kappa shape index (κ3) is 16.7. The predicted octanol–water partition coefficient (Wildman–Crippen LogP) is -2.33. The van der Waals surface area contributed by atoms with Crippen molar-refractivity contribution in [3.63, 3.8) is 0 Å². The number of hydroxylamine groups is 4. The molecule has 12 heteroatoms. The fourth-order valence-corrected chi connectivity index (χ4v) is 0.957. The molecule has 0 rings (SSSR count). The van der Waals surface area contributed by atoms with E-state index in [9.17, 15) is 19.2 Å². The number of carbonyl (C=O) groups excluding carboxylic acids is 4. The number of carbonyl (C=O) groups is 4. The summed E-state index contributed by atoms with van der Waals surface area (Å²) in [7, 11) is 0. The molecule has 0 aliphatic carbocycles. The topological polar surface area (TPSA) is 112 Å². The van der Waals surface area contributed by atoms with Crippen molar-refractivity contribution < 1.29 is 38.5 Å². The van der Waals surface area contributed by atoms with Gasteiger partial charge in [0.1, 0.15) is 0 Å². The Kier molecular flexibility index (Phi) is 18.4. The molecule has 0 aliphatic heterocycles.